The number of fused-ring (bicyclic) bond motifs is 1. The lowest BCUT2D eigenvalue weighted by Crippen LogP contribution is -2.33. The molecule has 34 heavy (non-hydrogen) atoms. The third-order valence-electron chi connectivity index (χ3n) is 6.64. The van der Waals surface area contributed by atoms with E-state index in [1.807, 2.05) is 48.0 Å². The summed E-state index contributed by atoms with van der Waals surface area (Å²) in [5, 5.41) is 3.98. The minimum Gasteiger partial charge on any atom is -0.354 e. The van der Waals surface area contributed by atoms with Crippen LogP contribution in [0, 0.1) is 0 Å². The zero-order chi connectivity index (χ0) is 24.0. The first-order valence-electron chi connectivity index (χ1n) is 12.4. The molecule has 1 atom stereocenters. The Hall–Kier alpha value is -2.64. The summed E-state index contributed by atoms with van der Waals surface area (Å²) in [7, 11) is -3.47. The molecule has 1 amide bonds. The normalized spacial score (nSPS) is 16.3. The van der Waals surface area contributed by atoms with Gasteiger partial charge < -0.3 is 9.88 Å². The highest BCUT2D eigenvalue weighted by molar-refractivity contribution is 7.89. The fourth-order valence-electron chi connectivity index (χ4n) is 4.63. The fraction of sp³-hybridized carbons (Fsp3) is 0.444. The minimum absolute atomic E-state index is 0.0303. The van der Waals surface area contributed by atoms with Crippen molar-refractivity contribution in [2.75, 3.05) is 13.1 Å². The summed E-state index contributed by atoms with van der Waals surface area (Å²) in [4.78, 5) is 12.8. The maximum absolute atomic E-state index is 13.1. The van der Waals surface area contributed by atoms with Crippen molar-refractivity contribution in [1.82, 2.24) is 14.2 Å². The van der Waals surface area contributed by atoms with Crippen molar-refractivity contribution in [1.29, 1.82) is 0 Å². The second-order valence-corrected chi connectivity index (χ2v) is 11.2. The highest BCUT2D eigenvalue weighted by atomic mass is 32.2. The summed E-state index contributed by atoms with van der Waals surface area (Å²) in [6.07, 6.45) is 8.17. The number of carbonyl (C=O) groups excluding carboxylic acids is 1. The van der Waals surface area contributed by atoms with Gasteiger partial charge in [0.05, 0.1) is 4.90 Å². The number of benzene rings is 2. The quantitative estimate of drug-likeness (QED) is 0.480. The largest absolute Gasteiger partial charge is 0.354 e. The SMILES string of the molecule is C[C@@H](CCc1ccccc1)NC(=O)CCn1ccc2cc(S(=O)(=O)N3CCCCCC3)ccc21. The standard InChI is InChI=1S/C27H35N3O3S/c1-22(11-12-23-9-5-4-6-10-23)28-27(31)16-20-29-19-15-24-21-25(13-14-26(24)29)34(32,33)30-17-7-2-3-8-18-30/h4-6,9-10,13-15,19,21-22H,2-3,7-8,11-12,16-18,20H2,1H3,(H,28,31)/t22-/m0/s1. The smallest absolute Gasteiger partial charge is 0.243 e. The lowest BCUT2D eigenvalue weighted by molar-refractivity contribution is -0.121. The first-order valence-corrected chi connectivity index (χ1v) is 13.8. The number of hydrogen-bond acceptors (Lipinski definition) is 3. The van der Waals surface area contributed by atoms with Gasteiger partial charge >= 0.3 is 0 Å². The molecule has 0 saturated carbocycles. The molecule has 0 unspecified atom stereocenters. The number of carbonyl (C=O) groups is 1. The van der Waals surface area contributed by atoms with Crippen LogP contribution in [0.15, 0.2) is 65.7 Å². The molecule has 0 spiro atoms. The van der Waals surface area contributed by atoms with Crippen molar-refractivity contribution in [3.05, 3.63) is 66.4 Å². The van der Waals surface area contributed by atoms with Crippen molar-refractivity contribution < 1.29 is 13.2 Å². The predicted molar refractivity (Wildman–Crippen MR) is 136 cm³/mol. The van der Waals surface area contributed by atoms with E-state index in [1.165, 1.54) is 5.56 Å². The Balaban J connectivity index is 1.33. The Labute approximate surface area is 203 Å². The van der Waals surface area contributed by atoms with E-state index >= 15 is 0 Å². The van der Waals surface area contributed by atoms with Crippen molar-refractivity contribution in [3.8, 4) is 0 Å². The maximum Gasteiger partial charge on any atom is 0.243 e. The predicted octanol–water partition coefficient (Wildman–Crippen LogP) is 4.73. The summed E-state index contributed by atoms with van der Waals surface area (Å²) in [6, 6.07) is 17.7. The molecule has 6 nitrogen and oxygen atoms in total. The van der Waals surface area contributed by atoms with Crippen LogP contribution in [0.4, 0.5) is 0 Å². The summed E-state index contributed by atoms with van der Waals surface area (Å²) in [6.45, 7) is 3.79. The Morgan fingerprint density at radius 3 is 2.47 bits per heavy atom. The first-order chi connectivity index (χ1) is 16.4. The van der Waals surface area contributed by atoms with Gasteiger partial charge in [-0.3, -0.25) is 4.79 Å². The molecule has 3 aromatic rings. The van der Waals surface area contributed by atoms with Crippen molar-refractivity contribution in [3.63, 3.8) is 0 Å². The van der Waals surface area contributed by atoms with E-state index in [2.05, 4.69) is 17.4 Å². The van der Waals surface area contributed by atoms with Gasteiger partial charge in [-0.25, -0.2) is 8.42 Å². The van der Waals surface area contributed by atoms with Crippen LogP contribution in [-0.2, 0) is 27.8 Å². The zero-order valence-electron chi connectivity index (χ0n) is 19.9. The average Bonchev–Trinajstić information content (AvgIpc) is 3.03. The van der Waals surface area contributed by atoms with Crippen molar-refractivity contribution >= 4 is 26.8 Å². The third kappa shape index (κ3) is 6.07. The third-order valence-corrected chi connectivity index (χ3v) is 8.54. The molecule has 0 aliphatic carbocycles. The molecule has 4 rings (SSSR count). The highest BCUT2D eigenvalue weighted by Crippen LogP contribution is 2.25. The number of aryl methyl sites for hydroxylation is 2. The molecule has 1 fully saturated rings. The van der Waals surface area contributed by atoms with Crippen LogP contribution in [0.1, 0.15) is 51.0 Å². The van der Waals surface area contributed by atoms with E-state index < -0.39 is 10.0 Å². The summed E-state index contributed by atoms with van der Waals surface area (Å²) in [5.74, 6) is 0.0303. The van der Waals surface area contributed by atoms with Gasteiger partial charge in [0.1, 0.15) is 0 Å². The van der Waals surface area contributed by atoms with Gasteiger partial charge in [0, 0.05) is 49.2 Å². The van der Waals surface area contributed by atoms with E-state index in [0.717, 1.165) is 49.4 Å². The fourth-order valence-corrected chi connectivity index (χ4v) is 6.19. The summed E-state index contributed by atoms with van der Waals surface area (Å²) in [5.41, 5.74) is 2.22. The van der Waals surface area contributed by atoms with Crippen LogP contribution in [0.2, 0.25) is 0 Å². The van der Waals surface area contributed by atoms with Gasteiger partial charge in [-0.2, -0.15) is 4.31 Å². The second-order valence-electron chi connectivity index (χ2n) is 9.29. The average molecular weight is 482 g/mol. The molecule has 1 aliphatic rings. The van der Waals surface area contributed by atoms with E-state index in [9.17, 15) is 13.2 Å². The Kier molecular flexibility index (Phi) is 8.06. The molecule has 1 N–H and O–H groups in total. The lowest BCUT2D eigenvalue weighted by atomic mass is 10.1. The molecule has 2 heterocycles. The van der Waals surface area contributed by atoms with Crippen LogP contribution < -0.4 is 5.32 Å². The number of nitrogens with zero attached hydrogens (tertiary/aromatic N) is 2. The topological polar surface area (TPSA) is 71.4 Å². The molecule has 1 aromatic heterocycles. The number of nitrogens with one attached hydrogen (secondary N) is 1. The van der Waals surface area contributed by atoms with Crippen LogP contribution in [0.25, 0.3) is 10.9 Å². The first kappa shape index (κ1) is 24.5. The van der Waals surface area contributed by atoms with Crippen molar-refractivity contribution in [2.24, 2.45) is 0 Å². The number of aromatic nitrogens is 1. The monoisotopic (exact) mass is 481 g/mol. The van der Waals surface area contributed by atoms with Crippen LogP contribution in [0.5, 0.6) is 0 Å². The molecule has 1 saturated heterocycles. The molecule has 0 bridgehead atoms. The van der Waals surface area contributed by atoms with E-state index in [-0.39, 0.29) is 11.9 Å². The van der Waals surface area contributed by atoms with Crippen molar-refractivity contribution in [2.45, 2.75) is 69.4 Å². The molecular weight excluding hydrogens is 446 g/mol. The minimum atomic E-state index is -3.47. The molecule has 7 heteroatoms. The zero-order valence-corrected chi connectivity index (χ0v) is 20.8. The van der Waals surface area contributed by atoms with Gasteiger partial charge in [0.25, 0.3) is 0 Å². The molecular formula is C27H35N3O3S. The highest BCUT2D eigenvalue weighted by Gasteiger charge is 2.25. The van der Waals surface area contributed by atoms with Crippen LogP contribution in [-0.4, -0.2) is 42.3 Å². The number of rotatable bonds is 9. The maximum atomic E-state index is 13.1. The number of sulfonamides is 1. The van der Waals surface area contributed by atoms with Gasteiger partial charge in [-0.15, -0.1) is 0 Å². The van der Waals surface area contributed by atoms with Gasteiger partial charge in [-0.05, 0) is 62.4 Å². The molecule has 1 aliphatic heterocycles. The van der Waals surface area contributed by atoms with E-state index in [4.69, 9.17) is 0 Å². The second kappa shape index (κ2) is 11.2. The summed E-state index contributed by atoms with van der Waals surface area (Å²) < 4.78 is 29.9. The Bertz CT molecular complexity index is 1200. The van der Waals surface area contributed by atoms with Crippen LogP contribution in [0.3, 0.4) is 0 Å². The lowest BCUT2D eigenvalue weighted by Gasteiger charge is -2.20. The van der Waals surface area contributed by atoms with E-state index in [1.54, 1.807) is 16.4 Å². The Morgan fingerprint density at radius 2 is 1.74 bits per heavy atom. The van der Waals surface area contributed by atoms with Gasteiger partial charge in [-0.1, -0.05) is 43.2 Å². The summed E-state index contributed by atoms with van der Waals surface area (Å²) >= 11 is 0. The molecule has 182 valence electrons. The number of amides is 1. The van der Waals surface area contributed by atoms with E-state index in [0.29, 0.717) is 31.0 Å². The number of hydrogen-bond donors (Lipinski definition) is 1. The Morgan fingerprint density at radius 1 is 1.00 bits per heavy atom. The molecule has 2 aromatic carbocycles. The van der Waals surface area contributed by atoms with Crippen LogP contribution >= 0.6 is 0 Å². The van der Waals surface area contributed by atoms with Gasteiger partial charge in [0.15, 0.2) is 0 Å². The van der Waals surface area contributed by atoms with Gasteiger partial charge in [0.2, 0.25) is 15.9 Å². The molecule has 0 radical (unpaired) electrons.